The number of amides is 2. The average Bonchev–Trinajstić information content (AvgIpc) is 2.78. The number of piperazine rings is 1. The minimum Gasteiger partial charge on any atom is -0.444 e. The van der Waals surface area contributed by atoms with E-state index in [4.69, 9.17) is 4.74 Å². The van der Waals surface area contributed by atoms with Gasteiger partial charge in [0.1, 0.15) is 22.4 Å². The van der Waals surface area contributed by atoms with Crippen LogP contribution in [0.4, 0.5) is 9.18 Å². The Bertz CT molecular complexity index is 1110. The van der Waals surface area contributed by atoms with Crippen molar-refractivity contribution in [3.8, 4) is 0 Å². The minimum absolute atomic E-state index is 0.0969. The van der Waals surface area contributed by atoms with E-state index in [0.717, 1.165) is 17.7 Å². The average molecular weight is 492 g/mol. The fraction of sp³-hybridized carbons (Fsp3) is 0.417. The Morgan fingerprint density at radius 1 is 0.971 bits per heavy atom. The normalized spacial score (nSPS) is 15.6. The van der Waals surface area contributed by atoms with Crippen molar-refractivity contribution in [2.45, 2.75) is 43.7 Å². The molecule has 0 radical (unpaired) electrons. The fourth-order valence-electron chi connectivity index (χ4n) is 3.60. The van der Waals surface area contributed by atoms with Gasteiger partial charge in [-0.25, -0.2) is 17.6 Å². The molecule has 2 amide bonds. The predicted octanol–water partition coefficient (Wildman–Crippen LogP) is 2.79. The van der Waals surface area contributed by atoms with Crippen LogP contribution >= 0.6 is 0 Å². The molecule has 2 aromatic rings. The number of sulfonamides is 1. The van der Waals surface area contributed by atoms with E-state index >= 15 is 0 Å². The van der Waals surface area contributed by atoms with E-state index in [2.05, 4.69) is 4.72 Å². The first-order chi connectivity index (χ1) is 16.0. The first kappa shape index (κ1) is 25.6. The molecule has 1 fully saturated rings. The van der Waals surface area contributed by atoms with Crippen LogP contribution in [0.25, 0.3) is 0 Å². The van der Waals surface area contributed by atoms with Crippen LogP contribution in [-0.2, 0) is 26.0 Å². The second-order valence-electron chi connectivity index (χ2n) is 9.09. The summed E-state index contributed by atoms with van der Waals surface area (Å²) in [5.41, 5.74) is 0.125. The van der Waals surface area contributed by atoms with Gasteiger partial charge >= 0.3 is 6.09 Å². The van der Waals surface area contributed by atoms with Gasteiger partial charge in [-0.1, -0.05) is 42.5 Å². The van der Waals surface area contributed by atoms with Gasteiger partial charge in [0.05, 0.1) is 0 Å². The highest BCUT2D eigenvalue weighted by molar-refractivity contribution is 7.89. The molecule has 0 bridgehead atoms. The first-order valence-corrected chi connectivity index (χ1v) is 12.5. The van der Waals surface area contributed by atoms with E-state index in [9.17, 15) is 22.4 Å². The molecule has 0 saturated carbocycles. The zero-order chi connectivity index (χ0) is 24.9. The molecule has 1 saturated heterocycles. The molecule has 1 atom stereocenters. The summed E-state index contributed by atoms with van der Waals surface area (Å²) in [6.07, 6.45) is -0.361. The van der Waals surface area contributed by atoms with Crippen LogP contribution in [0.2, 0.25) is 0 Å². The van der Waals surface area contributed by atoms with Crippen LogP contribution in [0.3, 0.4) is 0 Å². The van der Waals surface area contributed by atoms with Gasteiger partial charge in [0.2, 0.25) is 15.9 Å². The number of carbonyl (C=O) groups is 2. The topological polar surface area (TPSA) is 96.0 Å². The number of benzene rings is 2. The molecule has 1 aliphatic rings. The molecule has 0 spiro atoms. The number of ether oxygens (including phenoxy) is 1. The third-order valence-electron chi connectivity index (χ3n) is 5.25. The highest BCUT2D eigenvalue weighted by Gasteiger charge is 2.33. The Kier molecular flexibility index (Phi) is 7.93. The molecule has 184 valence electrons. The van der Waals surface area contributed by atoms with Crippen LogP contribution in [0.1, 0.15) is 26.3 Å². The van der Waals surface area contributed by atoms with Crippen LogP contribution in [-0.4, -0.2) is 68.0 Å². The summed E-state index contributed by atoms with van der Waals surface area (Å²) in [4.78, 5) is 28.2. The Labute approximate surface area is 199 Å². The molecule has 1 N–H and O–H groups in total. The molecule has 34 heavy (non-hydrogen) atoms. The SMILES string of the molecule is CC(C)(C)OC(=O)N1CCN(C(=O)C(Cc2ccccc2)NS(=O)(=O)c2ccccc2F)CC1. The molecule has 0 aliphatic carbocycles. The van der Waals surface area contributed by atoms with Crippen LogP contribution in [0, 0.1) is 5.82 Å². The smallest absolute Gasteiger partial charge is 0.410 e. The van der Waals surface area contributed by atoms with Crippen molar-refractivity contribution in [3.05, 3.63) is 66.0 Å². The van der Waals surface area contributed by atoms with E-state index < -0.39 is 44.4 Å². The number of carbonyl (C=O) groups excluding carboxylic acids is 2. The van der Waals surface area contributed by atoms with Crippen molar-refractivity contribution in [2.75, 3.05) is 26.2 Å². The van der Waals surface area contributed by atoms with Gasteiger partial charge in [-0.05, 0) is 44.9 Å². The molecule has 0 aromatic heterocycles. The van der Waals surface area contributed by atoms with Crippen LogP contribution < -0.4 is 4.72 Å². The number of hydrogen-bond acceptors (Lipinski definition) is 5. The van der Waals surface area contributed by atoms with Crippen molar-refractivity contribution >= 4 is 22.0 Å². The van der Waals surface area contributed by atoms with E-state index in [-0.39, 0.29) is 32.6 Å². The zero-order valence-electron chi connectivity index (χ0n) is 19.5. The summed E-state index contributed by atoms with van der Waals surface area (Å²) in [6, 6.07) is 12.9. The Morgan fingerprint density at radius 2 is 1.53 bits per heavy atom. The monoisotopic (exact) mass is 491 g/mol. The summed E-state index contributed by atoms with van der Waals surface area (Å²) in [5, 5.41) is 0. The van der Waals surface area contributed by atoms with E-state index in [0.29, 0.717) is 0 Å². The zero-order valence-corrected chi connectivity index (χ0v) is 20.3. The molecular weight excluding hydrogens is 461 g/mol. The summed E-state index contributed by atoms with van der Waals surface area (Å²) in [6.45, 7) is 6.31. The third kappa shape index (κ3) is 6.77. The lowest BCUT2D eigenvalue weighted by molar-refractivity contribution is -0.134. The molecule has 2 aromatic carbocycles. The number of halogens is 1. The van der Waals surface area contributed by atoms with Gasteiger partial charge in [-0.2, -0.15) is 4.72 Å². The predicted molar refractivity (Wildman–Crippen MR) is 125 cm³/mol. The maximum absolute atomic E-state index is 14.2. The third-order valence-corrected chi connectivity index (χ3v) is 6.75. The molecule has 1 aliphatic heterocycles. The summed E-state index contributed by atoms with van der Waals surface area (Å²) >= 11 is 0. The molecule has 1 unspecified atom stereocenters. The number of nitrogens with one attached hydrogen (secondary N) is 1. The second-order valence-corrected chi connectivity index (χ2v) is 10.8. The number of rotatable bonds is 6. The molecule has 10 heteroatoms. The van der Waals surface area contributed by atoms with E-state index in [1.54, 1.807) is 45.0 Å². The van der Waals surface area contributed by atoms with E-state index in [1.165, 1.54) is 21.9 Å². The van der Waals surface area contributed by atoms with Gasteiger partial charge in [0.15, 0.2) is 0 Å². The van der Waals surface area contributed by atoms with Gasteiger partial charge in [0, 0.05) is 26.2 Å². The minimum atomic E-state index is -4.30. The van der Waals surface area contributed by atoms with Gasteiger partial charge in [-0.3, -0.25) is 4.79 Å². The van der Waals surface area contributed by atoms with Gasteiger partial charge in [-0.15, -0.1) is 0 Å². The first-order valence-electron chi connectivity index (χ1n) is 11.0. The summed E-state index contributed by atoms with van der Waals surface area (Å²) < 4.78 is 47.8. The summed E-state index contributed by atoms with van der Waals surface area (Å²) in [7, 11) is -4.30. The lowest BCUT2D eigenvalue weighted by Crippen LogP contribution is -2.56. The highest BCUT2D eigenvalue weighted by Crippen LogP contribution is 2.17. The van der Waals surface area contributed by atoms with Crippen molar-refractivity contribution in [2.24, 2.45) is 0 Å². The summed E-state index contributed by atoms with van der Waals surface area (Å²) in [5.74, 6) is -1.33. The van der Waals surface area contributed by atoms with Crippen LogP contribution in [0.15, 0.2) is 59.5 Å². The lowest BCUT2D eigenvalue weighted by Gasteiger charge is -2.37. The van der Waals surface area contributed by atoms with Gasteiger partial charge < -0.3 is 14.5 Å². The second kappa shape index (κ2) is 10.5. The number of hydrogen-bond donors (Lipinski definition) is 1. The molecular formula is C24H30FN3O5S. The standard InChI is InChI=1S/C24H30FN3O5S/c1-24(2,3)33-23(30)28-15-13-27(14-16-28)22(29)20(17-18-9-5-4-6-10-18)26-34(31,32)21-12-8-7-11-19(21)25/h4-12,20,26H,13-17H2,1-3H3. The van der Waals surface area contributed by atoms with Crippen molar-refractivity contribution < 1.29 is 27.1 Å². The van der Waals surface area contributed by atoms with Gasteiger partial charge in [0.25, 0.3) is 0 Å². The Balaban J connectivity index is 1.76. The highest BCUT2D eigenvalue weighted by atomic mass is 32.2. The van der Waals surface area contributed by atoms with Crippen molar-refractivity contribution in [1.82, 2.24) is 14.5 Å². The molecule has 1 heterocycles. The fourth-order valence-corrected chi connectivity index (χ4v) is 4.87. The van der Waals surface area contributed by atoms with Crippen molar-refractivity contribution in [1.29, 1.82) is 0 Å². The van der Waals surface area contributed by atoms with E-state index in [1.807, 2.05) is 6.07 Å². The quantitative estimate of drug-likeness (QED) is 0.671. The van der Waals surface area contributed by atoms with Crippen molar-refractivity contribution in [3.63, 3.8) is 0 Å². The Morgan fingerprint density at radius 3 is 2.12 bits per heavy atom. The molecule has 3 rings (SSSR count). The lowest BCUT2D eigenvalue weighted by atomic mass is 10.1. The number of nitrogens with zero attached hydrogens (tertiary/aromatic N) is 2. The maximum Gasteiger partial charge on any atom is 0.410 e. The molecule has 8 nitrogen and oxygen atoms in total. The van der Waals surface area contributed by atoms with Crippen LogP contribution in [0.5, 0.6) is 0 Å². The largest absolute Gasteiger partial charge is 0.444 e. The Hall–Kier alpha value is -2.98. The maximum atomic E-state index is 14.2.